The summed E-state index contributed by atoms with van der Waals surface area (Å²) in [5.74, 6) is 0.894. The number of thioether (sulfide) groups is 1. The fraction of sp³-hybridized carbons (Fsp3) is 0.333. The lowest BCUT2D eigenvalue weighted by molar-refractivity contribution is 0.804. The SMILES string of the molecule is N#CCCCNC(=S)SCc1ccccc1. The average Bonchev–Trinajstić information content (AvgIpc) is 2.33. The first-order valence-corrected chi connectivity index (χ1v) is 6.54. The molecule has 1 aromatic rings. The third-order valence-electron chi connectivity index (χ3n) is 1.95. The zero-order valence-electron chi connectivity index (χ0n) is 8.98. The quantitative estimate of drug-likeness (QED) is 0.643. The molecule has 2 nitrogen and oxygen atoms in total. The van der Waals surface area contributed by atoms with Crippen molar-refractivity contribution in [3.8, 4) is 6.07 Å². The highest BCUT2D eigenvalue weighted by Crippen LogP contribution is 2.12. The molecule has 1 aromatic carbocycles. The third kappa shape index (κ3) is 5.74. The topological polar surface area (TPSA) is 35.8 Å². The van der Waals surface area contributed by atoms with E-state index >= 15 is 0 Å². The van der Waals surface area contributed by atoms with Gasteiger partial charge in [-0.1, -0.05) is 54.3 Å². The predicted molar refractivity (Wildman–Crippen MR) is 73.2 cm³/mol. The molecule has 1 N–H and O–H groups in total. The summed E-state index contributed by atoms with van der Waals surface area (Å²) in [6.07, 6.45) is 1.43. The zero-order chi connectivity index (χ0) is 11.6. The van der Waals surface area contributed by atoms with Crippen LogP contribution < -0.4 is 5.32 Å². The minimum absolute atomic E-state index is 0.582. The van der Waals surface area contributed by atoms with Crippen LogP contribution in [0.2, 0.25) is 0 Å². The Kier molecular flexibility index (Phi) is 6.62. The van der Waals surface area contributed by atoms with Crippen LogP contribution >= 0.6 is 24.0 Å². The average molecular weight is 250 g/mol. The van der Waals surface area contributed by atoms with Crippen molar-refractivity contribution >= 4 is 28.3 Å². The van der Waals surface area contributed by atoms with E-state index in [1.807, 2.05) is 18.2 Å². The number of nitriles is 1. The molecule has 0 atom stereocenters. The molecule has 4 heteroatoms. The second kappa shape index (κ2) is 8.14. The van der Waals surface area contributed by atoms with Crippen molar-refractivity contribution < 1.29 is 0 Å². The number of hydrogen-bond acceptors (Lipinski definition) is 3. The molecule has 16 heavy (non-hydrogen) atoms. The van der Waals surface area contributed by atoms with Gasteiger partial charge in [-0.3, -0.25) is 0 Å². The lowest BCUT2D eigenvalue weighted by Crippen LogP contribution is -2.19. The van der Waals surface area contributed by atoms with Crippen molar-refractivity contribution in [1.82, 2.24) is 5.32 Å². The molecule has 0 aliphatic carbocycles. The van der Waals surface area contributed by atoms with Gasteiger partial charge in [0.25, 0.3) is 0 Å². The van der Waals surface area contributed by atoms with Crippen LogP contribution in [0.1, 0.15) is 18.4 Å². The molecule has 0 bridgehead atoms. The van der Waals surface area contributed by atoms with Crippen LogP contribution in [0.5, 0.6) is 0 Å². The van der Waals surface area contributed by atoms with Gasteiger partial charge in [-0.25, -0.2) is 0 Å². The summed E-state index contributed by atoms with van der Waals surface area (Å²) in [5, 5.41) is 11.5. The van der Waals surface area contributed by atoms with Crippen LogP contribution in [0.15, 0.2) is 30.3 Å². The summed E-state index contributed by atoms with van der Waals surface area (Å²) in [5.41, 5.74) is 1.27. The molecule has 84 valence electrons. The minimum atomic E-state index is 0.582. The van der Waals surface area contributed by atoms with Gasteiger partial charge in [0.1, 0.15) is 4.32 Å². The van der Waals surface area contributed by atoms with Gasteiger partial charge in [-0.2, -0.15) is 5.26 Å². The lowest BCUT2D eigenvalue weighted by Gasteiger charge is -2.06. The van der Waals surface area contributed by atoms with E-state index in [2.05, 4.69) is 23.5 Å². The van der Waals surface area contributed by atoms with Crippen LogP contribution in [-0.4, -0.2) is 10.9 Å². The fourth-order valence-electron chi connectivity index (χ4n) is 1.13. The van der Waals surface area contributed by atoms with Gasteiger partial charge in [-0.05, 0) is 12.0 Å². The highest BCUT2D eigenvalue weighted by Gasteiger charge is 1.97. The number of unbranched alkanes of at least 4 members (excludes halogenated alkanes) is 1. The molecular weight excluding hydrogens is 236 g/mol. The van der Waals surface area contributed by atoms with Crippen LogP contribution in [-0.2, 0) is 5.75 Å². The molecule has 0 amide bonds. The maximum atomic E-state index is 8.37. The Morgan fingerprint density at radius 2 is 2.12 bits per heavy atom. The van der Waals surface area contributed by atoms with E-state index in [1.54, 1.807) is 11.8 Å². The van der Waals surface area contributed by atoms with E-state index in [1.165, 1.54) is 5.56 Å². The van der Waals surface area contributed by atoms with Crippen LogP contribution in [0.3, 0.4) is 0 Å². The van der Waals surface area contributed by atoms with Crippen molar-refractivity contribution in [2.45, 2.75) is 18.6 Å². The molecule has 0 aromatic heterocycles. The monoisotopic (exact) mass is 250 g/mol. The standard InChI is InChI=1S/C12H14N2S2/c13-8-4-5-9-14-12(15)16-10-11-6-2-1-3-7-11/h1-3,6-7H,4-5,9-10H2,(H,14,15). The molecule has 0 saturated carbocycles. The predicted octanol–water partition coefficient (Wildman–Crippen LogP) is 3.10. The zero-order valence-corrected chi connectivity index (χ0v) is 10.6. The highest BCUT2D eigenvalue weighted by molar-refractivity contribution is 8.22. The summed E-state index contributed by atoms with van der Waals surface area (Å²) >= 11 is 6.80. The van der Waals surface area contributed by atoms with Crippen molar-refractivity contribution in [1.29, 1.82) is 5.26 Å². The van der Waals surface area contributed by atoms with E-state index in [9.17, 15) is 0 Å². The number of benzene rings is 1. The molecule has 0 unspecified atom stereocenters. The maximum Gasteiger partial charge on any atom is 0.134 e. The first-order valence-electron chi connectivity index (χ1n) is 5.14. The molecular formula is C12H14N2S2. The van der Waals surface area contributed by atoms with Crippen LogP contribution in [0, 0.1) is 11.3 Å². The summed E-state index contributed by atoms with van der Waals surface area (Å²) in [6, 6.07) is 12.3. The van der Waals surface area contributed by atoms with Gasteiger partial charge in [0.2, 0.25) is 0 Å². The smallest absolute Gasteiger partial charge is 0.134 e. The first-order chi connectivity index (χ1) is 7.83. The number of nitrogens with zero attached hydrogens (tertiary/aromatic N) is 1. The van der Waals surface area contributed by atoms with Crippen molar-refractivity contribution in [2.24, 2.45) is 0 Å². The second-order valence-corrected chi connectivity index (χ2v) is 4.90. The summed E-state index contributed by atoms with van der Waals surface area (Å²) in [6.45, 7) is 0.786. The molecule has 0 spiro atoms. The molecule has 0 aliphatic rings. The number of hydrogen-bond donors (Lipinski definition) is 1. The number of rotatable bonds is 5. The Hall–Kier alpha value is -1.05. The van der Waals surface area contributed by atoms with E-state index in [0.29, 0.717) is 6.42 Å². The largest absolute Gasteiger partial charge is 0.371 e. The Bertz CT molecular complexity index is 357. The van der Waals surface area contributed by atoms with Crippen molar-refractivity contribution in [3.63, 3.8) is 0 Å². The molecule has 0 aliphatic heterocycles. The molecule has 0 saturated heterocycles. The van der Waals surface area contributed by atoms with Crippen LogP contribution in [0.25, 0.3) is 0 Å². The molecule has 0 fully saturated rings. The van der Waals surface area contributed by atoms with Gasteiger partial charge < -0.3 is 5.32 Å². The maximum absolute atomic E-state index is 8.37. The summed E-state index contributed by atoms with van der Waals surface area (Å²) < 4.78 is 0.807. The summed E-state index contributed by atoms with van der Waals surface area (Å²) in [4.78, 5) is 0. The van der Waals surface area contributed by atoms with Crippen molar-refractivity contribution in [2.75, 3.05) is 6.54 Å². The number of nitrogens with one attached hydrogen (secondary N) is 1. The van der Waals surface area contributed by atoms with E-state index < -0.39 is 0 Å². The highest BCUT2D eigenvalue weighted by atomic mass is 32.2. The van der Waals surface area contributed by atoms with Gasteiger partial charge in [0.05, 0.1) is 6.07 Å². The third-order valence-corrected chi connectivity index (χ3v) is 3.33. The fourth-order valence-corrected chi connectivity index (χ4v) is 2.11. The molecule has 0 radical (unpaired) electrons. The van der Waals surface area contributed by atoms with E-state index in [0.717, 1.165) is 23.0 Å². The molecule has 0 heterocycles. The van der Waals surface area contributed by atoms with E-state index in [-0.39, 0.29) is 0 Å². The Balaban J connectivity index is 2.14. The normalized spacial score (nSPS) is 9.44. The lowest BCUT2D eigenvalue weighted by atomic mass is 10.2. The first kappa shape index (κ1) is 13.0. The van der Waals surface area contributed by atoms with Gasteiger partial charge in [-0.15, -0.1) is 0 Å². The van der Waals surface area contributed by atoms with E-state index in [4.69, 9.17) is 17.5 Å². The van der Waals surface area contributed by atoms with Crippen molar-refractivity contribution in [3.05, 3.63) is 35.9 Å². The molecule has 1 rings (SSSR count). The number of thiocarbonyl (C=S) groups is 1. The van der Waals surface area contributed by atoms with Gasteiger partial charge >= 0.3 is 0 Å². The van der Waals surface area contributed by atoms with Gasteiger partial charge in [0, 0.05) is 18.7 Å². The summed E-state index contributed by atoms with van der Waals surface area (Å²) in [7, 11) is 0. The minimum Gasteiger partial charge on any atom is -0.371 e. The van der Waals surface area contributed by atoms with Crippen LogP contribution in [0.4, 0.5) is 0 Å². The second-order valence-electron chi connectivity index (χ2n) is 3.25. The van der Waals surface area contributed by atoms with Gasteiger partial charge in [0.15, 0.2) is 0 Å². The Morgan fingerprint density at radius 1 is 1.38 bits per heavy atom. The Labute approximate surface area is 106 Å². The Morgan fingerprint density at radius 3 is 2.81 bits per heavy atom.